The molecule has 6 heteroatoms. The molecular weight excluding hydrogens is 366 g/mol. The average Bonchev–Trinajstić information content (AvgIpc) is 3.20. The third-order valence-electron chi connectivity index (χ3n) is 6.73. The Hall–Kier alpha value is -1.79. The molecule has 1 aromatic carbocycles. The summed E-state index contributed by atoms with van der Waals surface area (Å²) >= 11 is 0. The molecule has 1 unspecified atom stereocenters. The van der Waals surface area contributed by atoms with Crippen LogP contribution in [0.4, 0.5) is 0 Å². The number of fused-ring (bicyclic) bond motifs is 1. The molecule has 2 fully saturated rings. The van der Waals surface area contributed by atoms with Gasteiger partial charge in [-0.05, 0) is 38.7 Å². The smallest absolute Gasteiger partial charge is 0.191 e. The van der Waals surface area contributed by atoms with Crippen molar-refractivity contribution in [1.82, 2.24) is 10.6 Å². The van der Waals surface area contributed by atoms with Gasteiger partial charge in [0.15, 0.2) is 5.96 Å². The fourth-order valence-corrected chi connectivity index (χ4v) is 4.95. The van der Waals surface area contributed by atoms with Crippen LogP contribution in [0.2, 0.25) is 0 Å². The molecule has 4 rings (SSSR count). The van der Waals surface area contributed by atoms with E-state index < -0.39 is 0 Å². The molecule has 3 aliphatic rings. The summed E-state index contributed by atoms with van der Waals surface area (Å²) in [4.78, 5) is 4.94. The normalized spacial score (nSPS) is 25.3. The number of hydrogen-bond donors (Lipinski definition) is 2. The molecule has 2 heterocycles. The van der Waals surface area contributed by atoms with Crippen LogP contribution in [0.25, 0.3) is 0 Å². The lowest BCUT2D eigenvalue weighted by Gasteiger charge is -2.40. The number of rotatable bonds is 5. The maximum Gasteiger partial charge on any atom is 0.191 e. The van der Waals surface area contributed by atoms with Gasteiger partial charge in [0.1, 0.15) is 11.4 Å². The predicted molar refractivity (Wildman–Crippen MR) is 115 cm³/mol. The Morgan fingerprint density at radius 1 is 1.17 bits per heavy atom. The van der Waals surface area contributed by atoms with Crippen molar-refractivity contribution in [2.24, 2.45) is 4.99 Å². The van der Waals surface area contributed by atoms with Crippen LogP contribution in [0.15, 0.2) is 29.3 Å². The molecule has 0 radical (unpaired) electrons. The van der Waals surface area contributed by atoms with Gasteiger partial charge in [0.2, 0.25) is 0 Å². The van der Waals surface area contributed by atoms with Crippen molar-refractivity contribution in [2.45, 2.75) is 69.1 Å². The van der Waals surface area contributed by atoms with Crippen LogP contribution in [0.3, 0.4) is 0 Å². The first-order valence-electron chi connectivity index (χ1n) is 11.1. The summed E-state index contributed by atoms with van der Waals surface area (Å²) in [5.41, 5.74) is 0.974. The van der Waals surface area contributed by atoms with Crippen LogP contribution in [0, 0.1) is 0 Å². The van der Waals surface area contributed by atoms with Crippen molar-refractivity contribution in [3.8, 4) is 5.75 Å². The van der Waals surface area contributed by atoms with E-state index in [0.717, 1.165) is 63.6 Å². The van der Waals surface area contributed by atoms with Crippen molar-refractivity contribution in [3.63, 3.8) is 0 Å². The van der Waals surface area contributed by atoms with Gasteiger partial charge in [-0.1, -0.05) is 18.2 Å². The number of guanidine groups is 1. The minimum Gasteiger partial charge on any atom is -0.487 e. The minimum atomic E-state index is -0.221. The first-order valence-corrected chi connectivity index (χ1v) is 11.1. The highest BCUT2D eigenvalue weighted by atomic mass is 16.5. The molecule has 2 aliphatic heterocycles. The molecule has 6 nitrogen and oxygen atoms in total. The van der Waals surface area contributed by atoms with Crippen molar-refractivity contribution in [3.05, 3.63) is 29.8 Å². The lowest BCUT2D eigenvalue weighted by Crippen LogP contribution is -2.48. The highest BCUT2D eigenvalue weighted by Crippen LogP contribution is 2.46. The standard InChI is InChI=1S/C23H35N3O3/c1-3-24-21(25-17-23(27-2)12-14-28-15-13-23)26-19-16-22(10-6-7-11-22)29-20-9-5-4-8-18(19)20/h4-5,8-9,19H,3,6-7,10-17H2,1-2H3,(H2,24,25,26). The van der Waals surface area contributed by atoms with E-state index in [1.54, 1.807) is 7.11 Å². The second kappa shape index (κ2) is 8.92. The van der Waals surface area contributed by atoms with Crippen molar-refractivity contribution >= 4 is 5.96 Å². The van der Waals surface area contributed by atoms with Crippen LogP contribution in [0.1, 0.15) is 63.5 Å². The van der Waals surface area contributed by atoms with E-state index >= 15 is 0 Å². The molecule has 1 atom stereocenters. The van der Waals surface area contributed by atoms with Gasteiger partial charge in [-0.15, -0.1) is 0 Å². The van der Waals surface area contributed by atoms with E-state index in [9.17, 15) is 0 Å². The summed E-state index contributed by atoms with van der Waals surface area (Å²) in [7, 11) is 1.79. The SMILES string of the molecule is CCNC(=NCC1(OC)CCOCC1)NC1CC2(CCCC2)Oc2ccccc21. The summed E-state index contributed by atoms with van der Waals surface area (Å²) in [6, 6.07) is 8.64. The predicted octanol–water partition coefficient (Wildman–Crippen LogP) is 3.57. The summed E-state index contributed by atoms with van der Waals surface area (Å²) in [6.07, 6.45) is 7.53. The average molecular weight is 402 g/mol. The molecule has 1 saturated heterocycles. The summed E-state index contributed by atoms with van der Waals surface area (Å²) < 4.78 is 17.9. The molecule has 0 aromatic heterocycles. The number of benzene rings is 1. The molecule has 2 N–H and O–H groups in total. The first kappa shape index (κ1) is 20.5. The largest absolute Gasteiger partial charge is 0.487 e. The Bertz CT molecular complexity index is 709. The first-order chi connectivity index (χ1) is 14.2. The van der Waals surface area contributed by atoms with E-state index in [2.05, 4.69) is 41.8 Å². The maximum absolute atomic E-state index is 6.51. The zero-order valence-corrected chi connectivity index (χ0v) is 17.8. The van der Waals surface area contributed by atoms with Crippen LogP contribution < -0.4 is 15.4 Å². The number of nitrogens with zero attached hydrogens (tertiary/aromatic N) is 1. The number of aliphatic imine (C=N–C) groups is 1. The fraction of sp³-hybridized carbons (Fsp3) is 0.696. The Morgan fingerprint density at radius 2 is 1.93 bits per heavy atom. The number of hydrogen-bond acceptors (Lipinski definition) is 4. The van der Waals surface area contributed by atoms with E-state index in [0.29, 0.717) is 6.54 Å². The topological polar surface area (TPSA) is 64.1 Å². The molecule has 1 saturated carbocycles. The summed E-state index contributed by atoms with van der Waals surface area (Å²) in [5.74, 6) is 1.87. The Labute approximate surface area is 174 Å². The number of methoxy groups -OCH3 is 1. The van der Waals surface area contributed by atoms with Gasteiger partial charge in [-0.2, -0.15) is 0 Å². The van der Waals surface area contributed by atoms with Crippen molar-refractivity contribution in [2.75, 3.05) is 33.4 Å². The van der Waals surface area contributed by atoms with Gasteiger partial charge in [0.25, 0.3) is 0 Å². The molecule has 1 aromatic rings. The monoisotopic (exact) mass is 401 g/mol. The highest BCUT2D eigenvalue weighted by Gasteiger charge is 2.43. The van der Waals surface area contributed by atoms with Crippen LogP contribution in [-0.4, -0.2) is 50.6 Å². The molecule has 1 aliphatic carbocycles. The Kier molecular flexibility index (Phi) is 6.30. The number of nitrogens with one attached hydrogen (secondary N) is 2. The lowest BCUT2D eigenvalue weighted by atomic mass is 9.86. The van der Waals surface area contributed by atoms with Crippen molar-refractivity contribution < 1.29 is 14.2 Å². The lowest BCUT2D eigenvalue weighted by molar-refractivity contribution is -0.0829. The molecule has 1 spiro atoms. The van der Waals surface area contributed by atoms with Gasteiger partial charge >= 0.3 is 0 Å². The second-order valence-corrected chi connectivity index (χ2v) is 8.63. The number of ether oxygens (including phenoxy) is 3. The van der Waals surface area contributed by atoms with Gasteiger partial charge < -0.3 is 24.8 Å². The Morgan fingerprint density at radius 3 is 2.66 bits per heavy atom. The zero-order valence-electron chi connectivity index (χ0n) is 17.8. The van der Waals surface area contributed by atoms with E-state index in [4.69, 9.17) is 19.2 Å². The summed E-state index contributed by atoms with van der Waals surface area (Å²) in [5, 5.41) is 7.15. The second-order valence-electron chi connectivity index (χ2n) is 8.63. The maximum atomic E-state index is 6.51. The Balaban J connectivity index is 1.54. The molecular formula is C23H35N3O3. The third-order valence-corrected chi connectivity index (χ3v) is 6.73. The fourth-order valence-electron chi connectivity index (χ4n) is 4.95. The third kappa shape index (κ3) is 4.53. The highest BCUT2D eigenvalue weighted by molar-refractivity contribution is 5.80. The molecule has 29 heavy (non-hydrogen) atoms. The van der Waals surface area contributed by atoms with Gasteiger partial charge in [0, 0.05) is 51.7 Å². The van der Waals surface area contributed by atoms with Crippen molar-refractivity contribution in [1.29, 1.82) is 0 Å². The zero-order chi connectivity index (χ0) is 20.2. The van der Waals surface area contributed by atoms with Gasteiger partial charge in [-0.3, -0.25) is 4.99 Å². The number of para-hydroxylation sites is 1. The van der Waals surface area contributed by atoms with Crippen LogP contribution in [0.5, 0.6) is 5.75 Å². The summed E-state index contributed by atoms with van der Waals surface area (Å²) in [6.45, 7) is 5.05. The molecule has 0 bridgehead atoms. The molecule has 160 valence electrons. The minimum absolute atomic E-state index is 0.0300. The van der Waals surface area contributed by atoms with E-state index in [1.807, 2.05) is 0 Å². The molecule has 0 amide bonds. The van der Waals surface area contributed by atoms with Crippen LogP contribution >= 0.6 is 0 Å². The van der Waals surface area contributed by atoms with Gasteiger partial charge in [0.05, 0.1) is 18.2 Å². The van der Waals surface area contributed by atoms with E-state index in [-0.39, 0.29) is 17.2 Å². The van der Waals surface area contributed by atoms with Crippen LogP contribution in [-0.2, 0) is 9.47 Å². The van der Waals surface area contributed by atoms with E-state index in [1.165, 1.54) is 18.4 Å². The van der Waals surface area contributed by atoms with Gasteiger partial charge in [-0.25, -0.2) is 0 Å². The quantitative estimate of drug-likeness (QED) is 0.583.